The highest BCUT2D eigenvalue weighted by molar-refractivity contribution is 7.91. The van der Waals surface area contributed by atoms with Crippen LogP contribution in [0.1, 0.15) is 18.4 Å². The lowest BCUT2D eigenvalue weighted by molar-refractivity contribution is 0.414. The van der Waals surface area contributed by atoms with Crippen molar-refractivity contribution in [2.24, 2.45) is 0 Å². The zero-order valence-electron chi connectivity index (χ0n) is 10.8. The summed E-state index contributed by atoms with van der Waals surface area (Å²) in [5.74, 6) is 0.832. The molecule has 1 aromatic rings. The molecule has 2 rings (SSSR count). The van der Waals surface area contributed by atoms with E-state index >= 15 is 0 Å². The highest BCUT2D eigenvalue weighted by atomic mass is 32.2. The molecule has 1 fully saturated rings. The molecule has 0 spiro atoms. The maximum absolute atomic E-state index is 12.2. The Morgan fingerprint density at radius 2 is 2.11 bits per heavy atom. The molecule has 0 unspecified atom stereocenters. The summed E-state index contributed by atoms with van der Waals surface area (Å²) >= 11 is 0. The summed E-state index contributed by atoms with van der Waals surface area (Å²) in [4.78, 5) is 0.404. The van der Waals surface area contributed by atoms with Crippen LogP contribution in [0.5, 0.6) is 5.75 Å². The van der Waals surface area contributed by atoms with Crippen molar-refractivity contribution in [2.45, 2.75) is 30.7 Å². The zero-order chi connectivity index (χ0) is 13.2. The van der Waals surface area contributed by atoms with Gasteiger partial charge in [-0.05, 0) is 43.5 Å². The van der Waals surface area contributed by atoms with Crippen LogP contribution in [0.4, 0.5) is 0 Å². The minimum atomic E-state index is -3.20. The first-order chi connectivity index (χ1) is 8.53. The van der Waals surface area contributed by atoms with Crippen molar-refractivity contribution in [1.82, 2.24) is 5.32 Å². The fourth-order valence-corrected chi connectivity index (χ4v) is 3.32. The molecule has 0 saturated heterocycles. The molecule has 18 heavy (non-hydrogen) atoms. The van der Waals surface area contributed by atoms with Crippen molar-refractivity contribution in [1.29, 1.82) is 0 Å². The van der Waals surface area contributed by atoms with Gasteiger partial charge in [0.2, 0.25) is 0 Å². The summed E-state index contributed by atoms with van der Waals surface area (Å²) in [7, 11) is -1.63. The van der Waals surface area contributed by atoms with Crippen LogP contribution in [-0.2, 0) is 9.84 Å². The van der Waals surface area contributed by atoms with Gasteiger partial charge in [-0.3, -0.25) is 0 Å². The third-order valence-corrected chi connectivity index (χ3v) is 4.97. The molecule has 1 aliphatic rings. The SMILES string of the molecule is COc1ccc(S(=O)(=O)CCNC2CC2)c(C)c1. The third kappa shape index (κ3) is 3.23. The van der Waals surface area contributed by atoms with Gasteiger partial charge in [0.25, 0.3) is 0 Å². The third-order valence-electron chi connectivity index (χ3n) is 3.10. The Kier molecular flexibility index (Phi) is 3.92. The predicted octanol–water partition coefficient (Wildman–Crippen LogP) is 1.53. The number of ether oxygens (including phenoxy) is 1. The zero-order valence-corrected chi connectivity index (χ0v) is 11.6. The molecule has 4 nitrogen and oxygen atoms in total. The molecular weight excluding hydrogens is 250 g/mol. The van der Waals surface area contributed by atoms with E-state index < -0.39 is 9.84 Å². The maximum Gasteiger partial charge on any atom is 0.179 e. The average Bonchev–Trinajstić information content (AvgIpc) is 3.12. The number of hydrogen-bond acceptors (Lipinski definition) is 4. The number of sulfone groups is 1. The summed E-state index contributed by atoms with van der Waals surface area (Å²) < 4.78 is 29.4. The van der Waals surface area contributed by atoms with Gasteiger partial charge in [-0.1, -0.05) is 0 Å². The molecule has 0 radical (unpaired) electrons. The number of methoxy groups -OCH3 is 1. The van der Waals surface area contributed by atoms with Crippen LogP contribution < -0.4 is 10.1 Å². The van der Waals surface area contributed by atoms with Crippen molar-refractivity contribution < 1.29 is 13.2 Å². The maximum atomic E-state index is 12.2. The Morgan fingerprint density at radius 3 is 2.67 bits per heavy atom. The Labute approximate surface area is 108 Å². The van der Waals surface area contributed by atoms with Crippen LogP contribution in [0, 0.1) is 6.92 Å². The van der Waals surface area contributed by atoms with E-state index in [9.17, 15) is 8.42 Å². The molecule has 0 heterocycles. The van der Waals surface area contributed by atoms with Crippen molar-refractivity contribution in [3.05, 3.63) is 23.8 Å². The van der Waals surface area contributed by atoms with Crippen LogP contribution in [0.2, 0.25) is 0 Å². The summed E-state index contributed by atoms with van der Waals surface area (Å²) in [6, 6.07) is 5.60. The smallest absolute Gasteiger partial charge is 0.179 e. The molecule has 100 valence electrons. The van der Waals surface area contributed by atoms with E-state index in [1.807, 2.05) is 0 Å². The molecule has 5 heteroatoms. The first-order valence-corrected chi connectivity index (χ1v) is 7.79. The molecular formula is C13H19NO3S. The lowest BCUT2D eigenvalue weighted by atomic mass is 10.2. The molecule has 0 aromatic heterocycles. The molecule has 1 aliphatic carbocycles. The van der Waals surface area contributed by atoms with E-state index in [4.69, 9.17) is 4.74 Å². The van der Waals surface area contributed by atoms with Gasteiger partial charge >= 0.3 is 0 Å². The Hall–Kier alpha value is -1.07. The summed E-state index contributed by atoms with van der Waals surface area (Å²) in [6.07, 6.45) is 2.34. The molecule has 0 aliphatic heterocycles. The largest absolute Gasteiger partial charge is 0.497 e. The first kappa shape index (κ1) is 13.4. The molecule has 0 atom stereocenters. The number of rotatable bonds is 6. The van der Waals surface area contributed by atoms with Crippen LogP contribution in [-0.4, -0.2) is 33.9 Å². The number of hydrogen-bond donors (Lipinski definition) is 1. The fourth-order valence-electron chi connectivity index (χ4n) is 1.89. The van der Waals surface area contributed by atoms with Crippen LogP contribution >= 0.6 is 0 Å². The van der Waals surface area contributed by atoms with E-state index in [-0.39, 0.29) is 5.75 Å². The molecule has 1 N–H and O–H groups in total. The second-order valence-electron chi connectivity index (χ2n) is 4.68. The van der Waals surface area contributed by atoms with Crippen molar-refractivity contribution in [2.75, 3.05) is 19.4 Å². The van der Waals surface area contributed by atoms with E-state index in [0.717, 1.165) is 5.56 Å². The van der Waals surface area contributed by atoms with Gasteiger partial charge in [-0.15, -0.1) is 0 Å². The number of benzene rings is 1. The topological polar surface area (TPSA) is 55.4 Å². The Morgan fingerprint density at radius 1 is 1.39 bits per heavy atom. The quantitative estimate of drug-likeness (QED) is 0.851. The van der Waals surface area contributed by atoms with Crippen LogP contribution in [0.15, 0.2) is 23.1 Å². The molecule has 1 saturated carbocycles. The van der Waals surface area contributed by atoms with E-state index in [0.29, 0.717) is 23.2 Å². The normalized spacial score (nSPS) is 15.7. The highest BCUT2D eigenvalue weighted by Gasteiger charge is 2.22. The molecule has 0 amide bonds. The van der Waals surface area contributed by atoms with Crippen molar-refractivity contribution in [3.63, 3.8) is 0 Å². The lowest BCUT2D eigenvalue weighted by Gasteiger charge is -2.09. The Bertz CT molecular complexity index is 521. The van der Waals surface area contributed by atoms with E-state index in [1.54, 1.807) is 32.2 Å². The fraction of sp³-hybridized carbons (Fsp3) is 0.538. The van der Waals surface area contributed by atoms with Gasteiger partial charge in [0, 0.05) is 12.6 Å². The van der Waals surface area contributed by atoms with E-state index in [2.05, 4.69) is 5.32 Å². The van der Waals surface area contributed by atoms with Gasteiger partial charge in [0.1, 0.15) is 5.75 Å². The highest BCUT2D eigenvalue weighted by Crippen LogP contribution is 2.22. The van der Waals surface area contributed by atoms with Gasteiger partial charge in [-0.25, -0.2) is 8.42 Å². The number of aryl methyl sites for hydroxylation is 1. The van der Waals surface area contributed by atoms with Gasteiger partial charge < -0.3 is 10.1 Å². The lowest BCUT2D eigenvalue weighted by Crippen LogP contribution is -2.25. The van der Waals surface area contributed by atoms with Crippen molar-refractivity contribution >= 4 is 9.84 Å². The minimum Gasteiger partial charge on any atom is -0.497 e. The summed E-state index contributed by atoms with van der Waals surface area (Å²) in [6.45, 7) is 2.32. The monoisotopic (exact) mass is 269 g/mol. The number of nitrogens with one attached hydrogen (secondary N) is 1. The average molecular weight is 269 g/mol. The predicted molar refractivity (Wildman–Crippen MR) is 70.8 cm³/mol. The summed E-state index contributed by atoms with van der Waals surface area (Å²) in [5, 5.41) is 3.22. The second-order valence-corrected chi connectivity index (χ2v) is 6.76. The standard InChI is InChI=1S/C13H19NO3S/c1-10-9-12(17-2)5-6-13(10)18(15,16)8-7-14-11-3-4-11/h5-6,9,11,14H,3-4,7-8H2,1-2H3. The Balaban J connectivity index is 2.07. The van der Waals surface area contributed by atoms with Crippen LogP contribution in [0.25, 0.3) is 0 Å². The minimum absolute atomic E-state index is 0.149. The van der Waals surface area contributed by atoms with Gasteiger partial charge in [0.05, 0.1) is 17.8 Å². The summed E-state index contributed by atoms with van der Waals surface area (Å²) in [5.41, 5.74) is 0.737. The second kappa shape index (κ2) is 5.28. The molecule has 1 aromatic carbocycles. The van der Waals surface area contributed by atoms with Crippen LogP contribution in [0.3, 0.4) is 0 Å². The first-order valence-electron chi connectivity index (χ1n) is 6.14. The van der Waals surface area contributed by atoms with Crippen molar-refractivity contribution in [3.8, 4) is 5.75 Å². The van der Waals surface area contributed by atoms with E-state index in [1.165, 1.54) is 12.8 Å². The molecule has 0 bridgehead atoms. The van der Waals surface area contributed by atoms with Gasteiger partial charge in [-0.2, -0.15) is 0 Å². The van der Waals surface area contributed by atoms with Gasteiger partial charge in [0.15, 0.2) is 9.84 Å².